The van der Waals surface area contributed by atoms with E-state index in [0.29, 0.717) is 5.75 Å². The summed E-state index contributed by atoms with van der Waals surface area (Å²) in [6.07, 6.45) is 0.525. The maximum Gasteiger partial charge on any atom is 0.274 e. The Hall–Kier alpha value is -2.88. The fourth-order valence-corrected chi connectivity index (χ4v) is 3.13. The molecule has 0 bridgehead atoms. The van der Waals surface area contributed by atoms with E-state index in [-0.39, 0.29) is 30.3 Å². The Morgan fingerprint density at radius 2 is 2.21 bits per heavy atom. The normalized spacial score (nSPS) is 24.9. The monoisotopic (exact) mass is 396 g/mol. The molecule has 1 aliphatic carbocycles. The number of rotatable bonds is 5. The fourth-order valence-electron chi connectivity index (χ4n) is 3.13. The maximum absolute atomic E-state index is 14.5. The number of alkyl halides is 2. The van der Waals surface area contributed by atoms with Crippen molar-refractivity contribution in [3.8, 4) is 5.75 Å². The standard InChI is InChI=1S/C18H19F3N4O3/c1-27-11-3-5-14(23-7-11)16(26)24-10-2-4-13(19)12(6-10)18(17(20)21)9-28-8-15(22)25-18/h2-5,7,12,17H,6,8-9H2,1H3,(H2,22,25)(H,24,26)/t12?,18-/m0/s1. The number of nitrogens with two attached hydrogens (primary N) is 1. The van der Waals surface area contributed by atoms with Crippen molar-refractivity contribution >= 4 is 11.7 Å². The summed E-state index contributed by atoms with van der Waals surface area (Å²) in [4.78, 5) is 20.2. The van der Waals surface area contributed by atoms with Crippen molar-refractivity contribution in [3.05, 3.63) is 47.7 Å². The van der Waals surface area contributed by atoms with Gasteiger partial charge in [-0.25, -0.2) is 18.2 Å². The van der Waals surface area contributed by atoms with E-state index in [4.69, 9.17) is 15.2 Å². The Labute approximate surface area is 159 Å². The van der Waals surface area contributed by atoms with Crippen LogP contribution in [0.5, 0.6) is 5.75 Å². The van der Waals surface area contributed by atoms with Crippen LogP contribution in [0.15, 0.2) is 47.0 Å². The number of methoxy groups -OCH3 is 1. The lowest BCUT2D eigenvalue weighted by Crippen LogP contribution is -2.53. The molecule has 28 heavy (non-hydrogen) atoms. The molecule has 1 unspecified atom stereocenters. The number of allylic oxidation sites excluding steroid dienone is 3. The molecule has 0 saturated heterocycles. The molecule has 2 heterocycles. The molecule has 2 atom stereocenters. The van der Waals surface area contributed by atoms with Gasteiger partial charge in [-0.05, 0) is 30.7 Å². The van der Waals surface area contributed by atoms with Crippen LogP contribution in [0.2, 0.25) is 0 Å². The Kier molecular flexibility index (Phi) is 5.68. The van der Waals surface area contributed by atoms with Gasteiger partial charge in [-0.15, -0.1) is 0 Å². The van der Waals surface area contributed by atoms with Crippen molar-refractivity contribution in [1.29, 1.82) is 0 Å². The van der Waals surface area contributed by atoms with Crippen LogP contribution >= 0.6 is 0 Å². The Bertz CT molecular complexity index is 839. The van der Waals surface area contributed by atoms with E-state index in [0.717, 1.165) is 6.08 Å². The summed E-state index contributed by atoms with van der Waals surface area (Å²) in [6, 6.07) is 3.01. The second-order valence-corrected chi connectivity index (χ2v) is 6.43. The van der Waals surface area contributed by atoms with Crippen LogP contribution < -0.4 is 15.8 Å². The number of carbonyl (C=O) groups excluding carboxylic acids is 1. The van der Waals surface area contributed by atoms with Gasteiger partial charge in [0.05, 0.1) is 19.9 Å². The van der Waals surface area contributed by atoms with Gasteiger partial charge >= 0.3 is 0 Å². The zero-order valence-electron chi connectivity index (χ0n) is 15.0. The first-order valence-electron chi connectivity index (χ1n) is 8.43. The van der Waals surface area contributed by atoms with Gasteiger partial charge in [0.15, 0.2) is 5.54 Å². The average molecular weight is 396 g/mol. The molecule has 0 radical (unpaired) electrons. The third-order valence-electron chi connectivity index (χ3n) is 4.60. The van der Waals surface area contributed by atoms with Crippen LogP contribution in [-0.2, 0) is 4.74 Å². The summed E-state index contributed by atoms with van der Waals surface area (Å²) in [7, 11) is 1.47. The molecule has 1 aromatic heterocycles. The highest BCUT2D eigenvalue weighted by molar-refractivity contribution is 5.93. The number of pyridine rings is 1. The van der Waals surface area contributed by atoms with Crippen LogP contribution in [-0.4, -0.2) is 49.0 Å². The summed E-state index contributed by atoms with van der Waals surface area (Å²) >= 11 is 0. The summed E-state index contributed by atoms with van der Waals surface area (Å²) in [6.45, 7) is -0.562. The zero-order chi connectivity index (χ0) is 20.3. The molecular weight excluding hydrogens is 377 g/mol. The molecule has 0 aromatic carbocycles. The SMILES string of the molecule is COc1ccc(C(=O)NC2=CC=C(F)C([C@]3(C(F)F)COCC(N)=N3)C2)nc1. The number of carbonyl (C=O) groups is 1. The number of nitrogens with zero attached hydrogens (tertiary/aromatic N) is 2. The largest absolute Gasteiger partial charge is 0.495 e. The highest BCUT2D eigenvalue weighted by Crippen LogP contribution is 2.42. The minimum absolute atomic E-state index is 0.0882. The van der Waals surface area contributed by atoms with E-state index in [1.165, 1.54) is 25.4 Å². The van der Waals surface area contributed by atoms with Gasteiger partial charge in [0.2, 0.25) is 0 Å². The molecule has 0 saturated carbocycles. The van der Waals surface area contributed by atoms with E-state index in [2.05, 4.69) is 15.3 Å². The number of hydrogen-bond donors (Lipinski definition) is 2. The number of hydrogen-bond acceptors (Lipinski definition) is 6. The lowest BCUT2D eigenvalue weighted by molar-refractivity contribution is -0.0376. The smallest absolute Gasteiger partial charge is 0.274 e. The number of amides is 1. The number of ether oxygens (including phenoxy) is 2. The van der Waals surface area contributed by atoms with Crippen LogP contribution in [0, 0.1) is 5.92 Å². The number of amidine groups is 1. The van der Waals surface area contributed by atoms with Gasteiger partial charge in [0, 0.05) is 11.6 Å². The molecule has 1 aliphatic heterocycles. The Morgan fingerprint density at radius 3 is 2.82 bits per heavy atom. The molecule has 7 nitrogen and oxygen atoms in total. The zero-order valence-corrected chi connectivity index (χ0v) is 15.0. The van der Waals surface area contributed by atoms with Gasteiger partial charge in [0.1, 0.15) is 29.7 Å². The molecule has 150 valence electrons. The fraction of sp³-hybridized carbons (Fsp3) is 0.389. The molecule has 10 heteroatoms. The van der Waals surface area contributed by atoms with Crippen LogP contribution in [0.25, 0.3) is 0 Å². The maximum atomic E-state index is 14.5. The van der Waals surface area contributed by atoms with Crippen LogP contribution in [0.4, 0.5) is 13.2 Å². The molecule has 0 fully saturated rings. The summed E-state index contributed by atoms with van der Waals surface area (Å²) in [5.41, 5.74) is 3.77. The molecule has 3 rings (SSSR count). The van der Waals surface area contributed by atoms with Crippen molar-refractivity contribution in [2.45, 2.75) is 18.4 Å². The van der Waals surface area contributed by atoms with Crippen LogP contribution in [0.3, 0.4) is 0 Å². The quantitative estimate of drug-likeness (QED) is 0.793. The third-order valence-corrected chi connectivity index (χ3v) is 4.60. The second-order valence-electron chi connectivity index (χ2n) is 6.43. The summed E-state index contributed by atoms with van der Waals surface area (Å²) < 4.78 is 52.3. The first kappa shape index (κ1) is 19.9. The first-order valence-corrected chi connectivity index (χ1v) is 8.43. The molecule has 3 N–H and O–H groups in total. The van der Waals surface area contributed by atoms with Crippen molar-refractivity contribution in [2.75, 3.05) is 20.3 Å². The number of nitrogens with one attached hydrogen (secondary N) is 1. The van der Waals surface area contributed by atoms with E-state index < -0.39 is 36.2 Å². The van der Waals surface area contributed by atoms with Gasteiger partial charge < -0.3 is 20.5 Å². The summed E-state index contributed by atoms with van der Waals surface area (Å²) in [5.74, 6) is -2.30. The topological polar surface area (TPSA) is 98.8 Å². The van der Waals surface area contributed by atoms with E-state index in [9.17, 15) is 18.0 Å². The predicted molar refractivity (Wildman–Crippen MR) is 94.8 cm³/mol. The molecule has 2 aliphatic rings. The van der Waals surface area contributed by atoms with Crippen LogP contribution in [0.1, 0.15) is 16.9 Å². The first-order chi connectivity index (χ1) is 13.4. The number of aliphatic imine (C=N–C) groups is 1. The van der Waals surface area contributed by atoms with Crippen molar-refractivity contribution in [2.24, 2.45) is 16.6 Å². The van der Waals surface area contributed by atoms with E-state index in [1.54, 1.807) is 6.07 Å². The Balaban J connectivity index is 1.80. The highest BCUT2D eigenvalue weighted by Gasteiger charge is 2.51. The predicted octanol–water partition coefficient (Wildman–Crippen LogP) is 1.97. The van der Waals surface area contributed by atoms with Gasteiger partial charge in [-0.2, -0.15) is 0 Å². The molecule has 1 amide bonds. The average Bonchev–Trinajstić information content (AvgIpc) is 2.69. The molecule has 0 spiro atoms. The second kappa shape index (κ2) is 8.01. The van der Waals surface area contributed by atoms with Crippen molar-refractivity contribution in [1.82, 2.24) is 10.3 Å². The van der Waals surface area contributed by atoms with Crippen molar-refractivity contribution < 1.29 is 27.4 Å². The van der Waals surface area contributed by atoms with Gasteiger partial charge in [-0.1, -0.05) is 0 Å². The summed E-state index contributed by atoms with van der Waals surface area (Å²) in [5, 5.41) is 2.57. The van der Waals surface area contributed by atoms with E-state index in [1.807, 2.05) is 0 Å². The molecular formula is C18H19F3N4O3. The van der Waals surface area contributed by atoms with Gasteiger partial charge in [-0.3, -0.25) is 9.79 Å². The lowest BCUT2D eigenvalue weighted by atomic mass is 9.78. The van der Waals surface area contributed by atoms with E-state index >= 15 is 0 Å². The molecule has 1 aromatic rings. The van der Waals surface area contributed by atoms with Gasteiger partial charge in [0.25, 0.3) is 12.3 Å². The number of halogens is 3. The minimum Gasteiger partial charge on any atom is -0.495 e. The minimum atomic E-state index is -3.01. The highest BCUT2D eigenvalue weighted by atomic mass is 19.3. The van der Waals surface area contributed by atoms with Crippen molar-refractivity contribution in [3.63, 3.8) is 0 Å². The number of aromatic nitrogens is 1. The third kappa shape index (κ3) is 3.86. The Morgan fingerprint density at radius 1 is 1.43 bits per heavy atom. The lowest BCUT2D eigenvalue weighted by Gasteiger charge is -2.39.